The maximum absolute atomic E-state index is 12.8. The number of carbonyl (C=O) groups is 1. The molecule has 0 aliphatic rings. The molecule has 0 aromatic carbocycles. The van der Waals surface area contributed by atoms with Crippen molar-refractivity contribution in [3.63, 3.8) is 0 Å². The molecular formula is C17H20N4OS. The van der Waals surface area contributed by atoms with Crippen LogP contribution in [-0.4, -0.2) is 32.2 Å². The number of rotatable bonds is 3. The fourth-order valence-corrected chi connectivity index (χ4v) is 3.59. The Hall–Kier alpha value is -2.21. The molecule has 5 nitrogen and oxygen atoms in total. The van der Waals surface area contributed by atoms with Crippen LogP contribution in [0.1, 0.15) is 44.6 Å². The van der Waals surface area contributed by atoms with Crippen LogP contribution in [-0.2, 0) is 0 Å². The molecule has 0 fully saturated rings. The number of fused-ring (bicyclic) bond motifs is 1. The standard InChI is InChI=1S/C17H20N4OS/c1-10-6-7-15-19-14(9-21(15)8-10)17(22)20(5)11(2)16-12(3)23-13(4)18-16/h6-9,11H,1-5H3/t11-/m0/s1. The van der Waals surface area contributed by atoms with Gasteiger partial charge in [-0.2, -0.15) is 0 Å². The monoisotopic (exact) mass is 328 g/mol. The van der Waals surface area contributed by atoms with Crippen LogP contribution in [0.3, 0.4) is 0 Å². The lowest BCUT2D eigenvalue weighted by atomic mass is 10.2. The lowest BCUT2D eigenvalue weighted by Crippen LogP contribution is -2.30. The summed E-state index contributed by atoms with van der Waals surface area (Å²) in [5.74, 6) is -0.0936. The lowest BCUT2D eigenvalue weighted by Gasteiger charge is -2.23. The summed E-state index contributed by atoms with van der Waals surface area (Å²) in [6.45, 7) is 8.05. The van der Waals surface area contributed by atoms with Gasteiger partial charge in [0.15, 0.2) is 0 Å². The molecule has 0 N–H and O–H groups in total. The summed E-state index contributed by atoms with van der Waals surface area (Å²) in [4.78, 5) is 24.6. The van der Waals surface area contributed by atoms with Crippen LogP contribution >= 0.6 is 11.3 Å². The minimum absolute atomic E-state index is 0.0843. The van der Waals surface area contributed by atoms with Crippen LogP contribution in [0.2, 0.25) is 0 Å². The zero-order chi connectivity index (χ0) is 16.7. The average Bonchev–Trinajstić information content (AvgIpc) is 3.07. The largest absolute Gasteiger partial charge is 0.332 e. The van der Waals surface area contributed by atoms with E-state index in [1.807, 2.05) is 50.4 Å². The summed E-state index contributed by atoms with van der Waals surface area (Å²) < 4.78 is 1.89. The van der Waals surface area contributed by atoms with Crippen LogP contribution in [0.5, 0.6) is 0 Å². The van der Waals surface area contributed by atoms with Gasteiger partial charge in [0, 0.05) is 24.3 Å². The Morgan fingerprint density at radius 3 is 2.61 bits per heavy atom. The highest BCUT2D eigenvalue weighted by molar-refractivity contribution is 7.11. The average molecular weight is 328 g/mol. The van der Waals surface area contributed by atoms with Crippen LogP contribution in [0.25, 0.3) is 5.65 Å². The maximum Gasteiger partial charge on any atom is 0.274 e. The van der Waals surface area contributed by atoms with Crippen molar-refractivity contribution < 1.29 is 4.79 Å². The highest BCUT2D eigenvalue weighted by atomic mass is 32.1. The van der Waals surface area contributed by atoms with Gasteiger partial charge in [0.05, 0.1) is 16.7 Å². The number of hydrogen-bond donors (Lipinski definition) is 0. The highest BCUT2D eigenvalue weighted by Crippen LogP contribution is 2.26. The third-order valence-electron chi connectivity index (χ3n) is 4.05. The second kappa shape index (κ2) is 5.77. The van der Waals surface area contributed by atoms with Crippen molar-refractivity contribution in [3.05, 3.63) is 51.4 Å². The lowest BCUT2D eigenvalue weighted by molar-refractivity contribution is 0.0734. The van der Waals surface area contributed by atoms with Gasteiger partial charge in [-0.15, -0.1) is 11.3 Å². The third-order valence-corrected chi connectivity index (χ3v) is 4.96. The van der Waals surface area contributed by atoms with E-state index in [-0.39, 0.29) is 11.9 Å². The predicted molar refractivity (Wildman–Crippen MR) is 92.0 cm³/mol. The van der Waals surface area contributed by atoms with E-state index in [0.29, 0.717) is 5.69 Å². The normalized spacial score (nSPS) is 12.6. The Balaban J connectivity index is 1.89. The van der Waals surface area contributed by atoms with Crippen molar-refractivity contribution in [3.8, 4) is 0 Å². The molecule has 120 valence electrons. The number of nitrogens with zero attached hydrogens (tertiary/aromatic N) is 4. The molecule has 0 unspecified atom stereocenters. The van der Waals surface area contributed by atoms with Crippen molar-refractivity contribution in [2.24, 2.45) is 0 Å². The Morgan fingerprint density at radius 2 is 1.96 bits per heavy atom. The van der Waals surface area contributed by atoms with Crippen LogP contribution in [0, 0.1) is 20.8 Å². The first-order valence-corrected chi connectivity index (χ1v) is 8.35. The Labute approximate surface area is 139 Å². The van der Waals surface area contributed by atoms with Gasteiger partial charge in [-0.1, -0.05) is 6.07 Å². The molecule has 0 saturated heterocycles. The van der Waals surface area contributed by atoms with E-state index >= 15 is 0 Å². The highest BCUT2D eigenvalue weighted by Gasteiger charge is 2.24. The van der Waals surface area contributed by atoms with Crippen LogP contribution in [0.4, 0.5) is 0 Å². The molecule has 0 radical (unpaired) electrons. The van der Waals surface area contributed by atoms with E-state index in [9.17, 15) is 4.79 Å². The summed E-state index contributed by atoms with van der Waals surface area (Å²) in [6, 6.07) is 3.83. The van der Waals surface area contributed by atoms with Crippen LogP contribution in [0.15, 0.2) is 24.5 Å². The molecule has 0 bridgehead atoms. The summed E-state index contributed by atoms with van der Waals surface area (Å²) in [7, 11) is 1.80. The van der Waals surface area contributed by atoms with E-state index < -0.39 is 0 Å². The summed E-state index contributed by atoms with van der Waals surface area (Å²) in [5.41, 5.74) is 3.32. The number of aromatic nitrogens is 3. The first-order chi connectivity index (χ1) is 10.9. The molecule has 0 aliphatic heterocycles. The first kappa shape index (κ1) is 15.7. The zero-order valence-electron chi connectivity index (χ0n) is 14.0. The molecule has 3 aromatic heterocycles. The van der Waals surface area contributed by atoms with Crippen molar-refractivity contribution in [1.82, 2.24) is 19.3 Å². The van der Waals surface area contributed by atoms with Crippen molar-refractivity contribution >= 4 is 22.9 Å². The molecule has 1 atom stereocenters. The number of aryl methyl sites for hydroxylation is 3. The smallest absolute Gasteiger partial charge is 0.274 e. The molecule has 3 rings (SSSR count). The summed E-state index contributed by atoms with van der Waals surface area (Å²) in [5, 5.41) is 1.02. The summed E-state index contributed by atoms with van der Waals surface area (Å²) >= 11 is 1.66. The SMILES string of the molecule is Cc1ccc2nc(C(=O)N(C)[C@@H](C)c3nc(C)sc3C)cn2c1. The molecule has 1 amide bonds. The van der Waals surface area contributed by atoms with Gasteiger partial charge in [0.25, 0.3) is 5.91 Å². The Morgan fingerprint density at radius 1 is 1.22 bits per heavy atom. The fourth-order valence-electron chi connectivity index (χ4n) is 2.68. The number of carbonyl (C=O) groups excluding carboxylic acids is 1. The number of amides is 1. The minimum Gasteiger partial charge on any atom is -0.332 e. The molecule has 3 heterocycles. The third kappa shape index (κ3) is 2.86. The van der Waals surface area contributed by atoms with Gasteiger partial charge in [-0.3, -0.25) is 4.79 Å². The molecule has 0 spiro atoms. The molecule has 23 heavy (non-hydrogen) atoms. The Bertz CT molecular complexity index is 880. The van der Waals surface area contributed by atoms with E-state index in [0.717, 1.165) is 26.8 Å². The van der Waals surface area contributed by atoms with Gasteiger partial charge in [-0.05, 0) is 39.3 Å². The van der Waals surface area contributed by atoms with Gasteiger partial charge in [-0.25, -0.2) is 9.97 Å². The molecule has 3 aromatic rings. The van der Waals surface area contributed by atoms with E-state index in [1.165, 1.54) is 0 Å². The van der Waals surface area contributed by atoms with Crippen molar-refractivity contribution in [2.75, 3.05) is 7.05 Å². The van der Waals surface area contributed by atoms with E-state index in [1.54, 1.807) is 29.5 Å². The van der Waals surface area contributed by atoms with E-state index in [4.69, 9.17) is 0 Å². The minimum atomic E-state index is -0.0936. The topological polar surface area (TPSA) is 50.5 Å². The predicted octanol–water partition coefficient (Wildman–Crippen LogP) is 3.55. The van der Waals surface area contributed by atoms with Crippen molar-refractivity contribution in [1.29, 1.82) is 0 Å². The quantitative estimate of drug-likeness (QED) is 0.739. The molecular weight excluding hydrogens is 308 g/mol. The van der Waals surface area contributed by atoms with Gasteiger partial charge in [0.1, 0.15) is 11.3 Å². The fraction of sp³-hybridized carbons (Fsp3) is 0.353. The maximum atomic E-state index is 12.8. The summed E-state index contributed by atoms with van der Waals surface area (Å²) in [6.07, 6.45) is 3.75. The number of thiazole rings is 1. The number of imidazole rings is 1. The Kier molecular flexibility index (Phi) is 3.93. The molecule has 0 aliphatic carbocycles. The molecule has 0 saturated carbocycles. The number of pyridine rings is 1. The zero-order valence-corrected chi connectivity index (χ0v) is 14.8. The van der Waals surface area contributed by atoms with E-state index in [2.05, 4.69) is 9.97 Å². The van der Waals surface area contributed by atoms with Crippen LogP contribution < -0.4 is 0 Å². The first-order valence-electron chi connectivity index (χ1n) is 7.53. The number of hydrogen-bond acceptors (Lipinski definition) is 4. The van der Waals surface area contributed by atoms with Gasteiger partial charge in [0.2, 0.25) is 0 Å². The second-order valence-corrected chi connectivity index (χ2v) is 7.27. The van der Waals surface area contributed by atoms with Crippen molar-refractivity contribution in [2.45, 2.75) is 33.7 Å². The van der Waals surface area contributed by atoms with Gasteiger partial charge >= 0.3 is 0 Å². The second-order valence-electron chi connectivity index (χ2n) is 5.86. The van der Waals surface area contributed by atoms with Gasteiger partial charge < -0.3 is 9.30 Å². The molecule has 6 heteroatoms.